The third-order valence-corrected chi connectivity index (χ3v) is 4.17. The second kappa shape index (κ2) is 6.25. The first-order valence-corrected chi connectivity index (χ1v) is 7.18. The van der Waals surface area contributed by atoms with E-state index in [1.807, 2.05) is 19.1 Å². The molecule has 1 aromatic rings. The number of nitrogens with zero attached hydrogens (tertiary/aromatic N) is 2. The van der Waals surface area contributed by atoms with Gasteiger partial charge in [-0.05, 0) is 44.7 Å². The molecule has 1 unspecified atom stereocenters. The van der Waals surface area contributed by atoms with Gasteiger partial charge in [-0.1, -0.05) is 6.07 Å². The normalized spacial score (nSPS) is 19.4. The van der Waals surface area contributed by atoms with Crippen LogP contribution in [0.25, 0.3) is 0 Å². The van der Waals surface area contributed by atoms with Crippen LogP contribution in [0.2, 0.25) is 0 Å². The van der Waals surface area contributed by atoms with E-state index in [0.29, 0.717) is 11.5 Å². The minimum Gasteiger partial charge on any atom is -0.393 e. The number of anilines is 1. The van der Waals surface area contributed by atoms with Gasteiger partial charge < -0.3 is 15.1 Å². The second-order valence-corrected chi connectivity index (χ2v) is 5.63. The summed E-state index contributed by atoms with van der Waals surface area (Å²) in [4.78, 5) is 2.21. The topological polar surface area (TPSA) is 67.5 Å². The molecule has 1 heterocycles. The highest BCUT2D eigenvalue weighted by molar-refractivity contribution is 5.58. The summed E-state index contributed by atoms with van der Waals surface area (Å²) >= 11 is 0. The predicted octanol–water partition coefficient (Wildman–Crippen LogP) is 2.21. The molecule has 2 rings (SSSR count). The van der Waals surface area contributed by atoms with Gasteiger partial charge in [0.1, 0.15) is 0 Å². The SMILES string of the molecule is CC(O)C1CCN(c2cc(C#N)ccc2[C@H](C)O)CC1. The van der Waals surface area contributed by atoms with Crippen molar-refractivity contribution in [1.29, 1.82) is 5.26 Å². The van der Waals surface area contributed by atoms with Gasteiger partial charge in [0.25, 0.3) is 0 Å². The lowest BCUT2D eigenvalue weighted by Crippen LogP contribution is -2.37. The van der Waals surface area contributed by atoms with E-state index in [2.05, 4.69) is 11.0 Å². The quantitative estimate of drug-likeness (QED) is 0.886. The Hall–Kier alpha value is -1.57. The number of hydrogen-bond acceptors (Lipinski definition) is 4. The number of aliphatic hydroxyl groups excluding tert-OH is 2. The Balaban J connectivity index is 2.22. The lowest BCUT2D eigenvalue weighted by atomic mass is 9.91. The molecule has 20 heavy (non-hydrogen) atoms. The Morgan fingerprint density at radius 3 is 2.40 bits per heavy atom. The summed E-state index contributed by atoms with van der Waals surface area (Å²) in [5, 5.41) is 28.6. The number of rotatable bonds is 3. The number of piperidine rings is 1. The van der Waals surface area contributed by atoms with Crippen LogP contribution in [0.15, 0.2) is 18.2 Å². The summed E-state index contributed by atoms with van der Waals surface area (Å²) in [6, 6.07) is 7.58. The molecule has 4 nitrogen and oxygen atoms in total. The van der Waals surface area contributed by atoms with Gasteiger partial charge in [-0.25, -0.2) is 0 Å². The molecule has 0 aliphatic carbocycles. The van der Waals surface area contributed by atoms with Gasteiger partial charge in [0, 0.05) is 24.3 Å². The number of hydrogen-bond donors (Lipinski definition) is 2. The fraction of sp³-hybridized carbons (Fsp3) is 0.562. The fourth-order valence-electron chi connectivity index (χ4n) is 2.86. The molecule has 1 aliphatic rings. The van der Waals surface area contributed by atoms with Crippen LogP contribution in [0.4, 0.5) is 5.69 Å². The third-order valence-electron chi connectivity index (χ3n) is 4.17. The molecule has 0 amide bonds. The minimum absolute atomic E-state index is 0.265. The molecule has 2 atom stereocenters. The van der Waals surface area contributed by atoms with E-state index in [0.717, 1.165) is 37.2 Å². The van der Waals surface area contributed by atoms with Crippen molar-refractivity contribution in [3.05, 3.63) is 29.3 Å². The Kier molecular flexibility index (Phi) is 4.64. The van der Waals surface area contributed by atoms with Crippen molar-refractivity contribution in [2.45, 2.75) is 38.9 Å². The molecule has 0 radical (unpaired) electrons. The van der Waals surface area contributed by atoms with Crippen LogP contribution >= 0.6 is 0 Å². The van der Waals surface area contributed by atoms with Gasteiger partial charge >= 0.3 is 0 Å². The first-order chi connectivity index (χ1) is 9.52. The fourth-order valence-corrected chi connectivity index (χ4v) is 2.86. The van der Waals surface area contributed by atoms with E-state index in [9.17, 15) is 10.2 Å². The van der Waals surface area contributed by atoms with Gasteiger partial charge in [0.2, 0.25) is 0 Å². The molecule has 0 aromatic heterocycles. The first-order valence-electron chi connectivity index (χ1n) is 7.18. The van der Waals surface area contributed by atoms with Gasteiger partial charge in [-0.2, -0.15) is 5.26 Å². The molecule has 1 aliphatic heterocycles. The molecule has 0 saturated carbocycles. The largest absolute Gasteiger partial charge is 0.393 e. The predicted molar refractivity (Wildman–Crippen MR) is 78.4 cm³/mol. The highest BCUT2D eigenvalue weighted by Gasteiger charge is 2.24. The van der Waals surface area contributed by atoms with Crippen LogP contribution in [-0.2, 0) is 0 Å². The van der Waals surface area contributed by atoms with Crippen molar-refractivity contribution in [2.75, 3.05) is 18.0 Å². The summed E-state index contributed by atoms with van der Waals surface area (Å²) < 4.78 is 0. The van der Waals surface area contributed by atoms with E-state index < -0.39 is 6.10 Å². The van der Waals surface area contributed by atoms with Gasteiger partial charge in [-0.15, -0.1) is 0 Å². The molecule has 1 fully saturated rings. The summed E-state index contributed by atoms with van der Waals surface area (Å²) in [6.07, 6.45) is 1.06. The van der Waals surface area contributed by atoms with Crippen molar-refractivity contribution < 1.29 is 10.2 Å². The van der Waals surface area contributed by atoms with E-state index in [-0.39, 0.29) is 6.10 Å². The average molecular weight is 274 g/mol. The molecule has 0 spiro atoms. The zero-order chi connectivity index (χ0) is 14.7. The standard InChI is InChI=1S/C16H22N2O2/c1-11(19)14-5-7-18(8-6-14)16-9-13(10-17)3-4-15(16)12(2)20/h3-4,9,11-12,14,19-20H,5-8H2,1-2H3/t11?,12-/m0/s1. The van der Waals surface area contributed by atoms with Crippen molar-refractivity contribution in [3.63, 3.8) is 0 Å². The molecule has 108 valence electrons. The maximum Gasteiger partial charge on any atom is 0.0992 e. The highest BCUT2D eigenvalue weighted by Crippen LogP contribution is 2.31. The monoisotopic (exact) mass is 274 g/mol. The maximum atomic E-state index is 9.89. The third kappa shape index (κ3) is 3.12. The molecular weight excluding hydrogens is 252 g/mol. The van der Waals surface area contributed by atoms with Crippen molar-refractivity contribution >= 4 is 5.69 Å². The van der Waals surface area contributed by atoms with Crippen LogP contribution in [0.1, 0.15) is 43.9 Å². The Labute approximate surface area is 120 Å². The molecule has 1 aromatic carbocycles. The Bertz CT molecular complexity index is 498. The van der Waals surface area contributed by atoms with Gasteiger partial charge in [0.15, 0.2) is 0 Å². The van der Waals surface area contributed by atoms with E-state index in [1.165, 1.54) is 0 Å². The number of aliphatic hydroxyl groups is 2. The summed E-state index contributed by atoms with van der Waals surface area (Å²) in [5.41, 5.74) is 2.42. The van der Waals surface area contributed by atoms with Crippen LogP contribution in [0.5, 0.6) is 0 Å². The van der Waals surface area contributed by atoms with Crippen LogP contribution in [0.3, 0.4) is 0 Å². The lowest BCUT2D eigenvalue weighted by Gasteiger charge is -2.36. The van der Waals surface area contributed by atoms with E-state index in [4.69, 9.17) is 5.26 Å². The zero-order valence-electron chi connectivity index (χ0n) is 12.1. The van der Waals surface area contributed by atoms with Crippen LogP contribution in [0, 0.1) is 17.2 Å². The van der Waals surface area contributed by atoms with Crippen molar-refractivity contribution in [3.8, 4) is 6.07 Å². The molecule has 4 heteroatoms. The summed E-state index contributed by atoms with van der Waals surface area (Å²) in [6.45, 7) is 5.29. The Morgan fingerprint density at radius 2 is 1.90 bits per heavy atom. The molecule has 1 saturated heterocycles. The Morgan fingerprint density at radius 1 is 1.25 bits per heavy atom. The van der Waals surface area contributed by atoms with Crippen molar-refractivity contribution in [2.24, 2.45) is 5.92 Å². The first kappa shape index (κ1) is 14.8. The lowest BCUT2D eigenvalue weighted by molar-refractivity contribution is 0.109. The number of nitriles is 1. The smallest absolute Gasteiger partial charge is 0.0992 e. The van der Waals surface area contributed by atoms with Crippen LogP contribution in [-0.4, -0.2) is 29.4 Å². The van der Waals surface area contributed by atoms with Crippen LogP contribution < -0.4 is 4.90 Å². The maximum absolute atomic E-state index is 9.89. The minimum atomic E-state index is -0.549. The van der Waals surface area contributed by atoms with E-state index >= 15 is 0 Å². The zero-order valence-corrected chi connectivity index (χ0v) is 12.1. The summed E-state index contributed by atoms with van der Waals surface area (Å²) in [5.74, 6) is 0.348. The molecular formula is C16H22N2O2. The summed E-state index contributed by atoms with van der Waals surface area (Å²) in [7, 11) is 0. The molecule has 2 N–H and O–H groups in total. The van der Waals surface area contributed by atoms with Gasteiger partial charge in [0.05, 0.1) is 23.8 Å². The second-order valence-electron chi connectivity index (χ2n) is 5.63. The van der Waals surface area contributed by atoms with E-state index in [1.54, 1.807) is 13.0 Å². The van der Waals surface area contributed by atoms with Crippen molar-refractivity contribution in [1.82, 2.24) is 0 Å². The van der Waals surface area contributed by atoms with Gasteiger partial charge in [-0.3, -0.25) is 0 Å². The number of benzene rings is 1. The highest BCUT2D eigenvalue weighted by atomic mass is 16.3. The average Bonchev–Trinajstić information content (AvgIpc) is 2.46. The molecule has 0 bridgehead atoms.